The van der Waals surface area contributed by atoms with E-state index in [1.807, 2.05) is 0 Å². The van der Waals surface area contributed by atoms with Crippen molar-refractivity contribution in [1.82, 2.24) is 9.62 Å². The Labute approximate surface area is 162 Å². The Balaban J connectivity index is 1.52. The van der Waals surface area contributed by atoms with Crippen molar-refractivity contribution in [2.75, 3.05) is 32.7 Å². The molecule has 1 saturated carbocycles. The van der Waals surface area contributed by atoms with Crippen molar-refractivity contribution >= 4 is 38.9 Å². The smallest absolute Gasteiger partial charge is 0.276 e. The predicted molar refractivity (Wildman–Crippen MR) is 98.5 cm³/mol. The van der Waals surface area contributed by atoms with Crippen LogP contribution in [0.25, 0.3) is 0 Å². The van der Waals surface area contributed by atoms with Crippen molar-refractivity contribution in [3.63, 3.8) is 0 Å². The lowest BCUT2D eigenvalue weighted by Crippen LogP contribution is -3.16. The van der Waals surface area contributed by atoms with Crippen LogP contribution in [-0.2, 0) is 14.8 Å². The topological polar surface area (TPSA) is 94.7 Å². The number of rotatable bonds is 6. The number of amides is 1. The molecule has 1 amide bonds. The third-order valence-electron chi connectivity index (χ3n) is 5.01. The maximum Gasteiger partial charge on any atom is 0.276 e. The molecule has 0 radical (unpaired) electrons. The normalized spacial score (nSPS) is 21.7. The summed E-state index contributed by atoms with van der Waals surface area (Å²) in [4.78, 5) is 13.3. The number of nitrogens with one attached hydrogen (secondary N) is 2. The highest BCUT2D eigenvalue weighted by Gasteiger charge is 2.43. The van der Waals surface area contributed by atoms with E-state index < -0.39 is 15.6 Å². The second-order valence-electron chi connectivity index (χ2n) is 7.03. The second-order valence-corrected chi connectivity index (χ2v) is 10.9. The molecule has 1 saturated heterocycles. The van der Waals surface area contributed by atoms with Gasteiger partial charge in [-0.25, -0.2) is 8.42 Å². The molecule has 1 aliphatic carbocycles. The Morgan fingerprint density at radius 2 is 2.12 bits per heavy atom. The van der Waals surface area contributed by atoms with Crippen LogP contribution in [0.5, 0.6) is 0 Å². The molecule has 7 nitrogen and oxygen atoms in total. The molecule has 0 unspecified atom stereocenters. The molecule has 10 heteroatoms. The summed E-state index contributed by atoms with van der Waals surface area (Å²) >= 11 is 6.89. The van der Waals surface area contributed by atoms with Crippen LogP contribution in [0, 0.1) is 17.2 Å². The molecule has 1 aliphatic heterocycles. The van der Waals surface area contributed by atoms with E-state index in [4.69, 9.17) is 11.6 Å². The summed E-state index contributed by atoms with van der Waals surface area (Å²) in [7, 11) is -3.52. The van der Waals surface area contributed by atoms with Gasteiger partial charge in [-0.05, 0) is 37.8 Å². The minimum atomic E-state index is -3.52. The molecular weight excluding hydrogens is 396 g/mol. The van der Waals surface area contributed by atoms with Gasteiger partial charge in [-0.15, -0.1) is 11.3 Å². The van der Waals surface area contributed by atoms with Gasteiger partial charge in [-0.3, -0.25) is 4.79 Å². The summed E-state index contributed by atoms with van der Waals surface area (Å²) in [6, 6.07) is 5.32. The van der Waals surface area contributed by atoms with Crippen LogP contribution < -0.4 is 10.2 Å². The zero-order valence-electron chi connectivity index (χ0n) is 14.5. The van der Waals surface area contributed by atoms with Crippen molar-refractivity contribution in [3.05, 3.63) is 16.5 Å². The lowest BCUT2D eigenvalue weighted by Gasteiger charge is -2.31. The Hall–Kier alpha value is -1.18. The molecule has 0 aromatic carbocycles. The number of hydrogen-bond acceptors (Lipinski definition) is 5. The van der Waals surface area contributed by atoms with E-state index in [0.29, 0.717) is 30.5 Å². The summed E-state index contributed by atoms with van der Waals surface area (Å²) < 4.78 is 27.3. The molecule has 1 aromatic rings. The van der Waals surface area contributed by atoms with E-state index in [1.165, 1.54) is 10.4 Å². The molecule has 3 rings (SSSR count). The Bertz CT molecular complexity index is 823. The number of halogens is 1. The van der Waals surface area contributed by atoms with Crippen LogP contribution in [0.2, 0.25) is 4.34 Å². The molecule has 0 spiro atoms. The average molecular weight is 418 g/mol. The molecule has 2 N–H and O–H groups in total. The Morgan fingerprint density at radius 3 is 2.62 bits per heavy atom. The van der Waals surface area contributed by atoms with Gasteiger partial charge in [0, 0.05) is 0 Å². The van der Waals surface area contributed by atoms with Crippen LogP contribution in [0.3, 0.4) is 0 Å². The fourth-order valence-corrected chi connectivity index (χ4v) is 6.30. The summed E-state index contributed by atoms with van der Waals surface area (Å²) in [5, 5.41) is 12.2. The van der Waals surface area contributed by atoms with E-state index in [9.17, 15) is 18.5 Å². The van der Waals surface area contributed by atoms with Gasteiger partial charge in [0.1, 0.15) is 9.75 Å². The highest BCUT2D eigenvalue weighted by Crippen LogP contribution is 2.39. The lowest BCUT2D eigenvalue weighted by molar-refractivity contribution is -0.895. The SMILES string of the molecule is C[C@@](C#N)(NC(=O)C[NH+]1CCN(S(=O)(=O)c2ccc(Cl)s2)CC1)C1CC1. The number of carbonyl (C=O) groups is 1. The third kappa shape index (κ3) is 4.21. The van der Waals surface area contributed by atoms with Crippen molar-refractivity contribution in [3.8, 4) is 6.07 Å². The molecule has 0 bridgehead atoms. The highest BCUT2D eigenvalue weighted by atomic mass is 35.5. The lowest BCUT2D eigenvalue weighted by atomic mass is 9.98. The largest absolute Gasteiger partial charge is 0.333 e. The van der Waals surface area contributed by atoms with Gasteiger partial charge in [-0.1, -0.05) is 11.6 Å². The van der Waals surface area contributed by atoms with Crippen molar-refractivity contribution in [2.24, 2.45) is 5.92 Å². The van der Waals surface area contributed by atoms with Gasteiger partial charge in [0.05, 0.1) is 36.6 Å². The molecular formula is C16H22ClN4O3S2+. The van der Waals surface area contributed by atoms with Gasteiger partial charge < -0.3 is 10.2 Å². The van der Waals surface area contributed by atoms with Crippen LogP contribution in [-0.4, -0.2) is 56.9 Å². The van der Waals surface area contributed by atoms with Crippen molar-refractivity contribution in [1.29, 1.82) is 5.26 Å². The van der Waals surface area contributed by atoms with E-state index in [-0.39, 0.29) is 22.6 Å². The second kappa shape index (κ2) is 7.44. The number of piperazine rings is 1. The van der Waals surface area contributed by atoms with Gasteiger partial charge in [0.2, 0.25) is 0 Å². The monoisotopic (exact) mass is 417 g/mol. The number of nitriles is 1. The van der Waals surface area contributed by atoms with E-state index in [0.717, 1.165) is 29.1 Å². The first-order chi connectivity index (χ1) is 12.2. The number of carbonyl (C=O) groups excluding carboxylic acids is 1. The fraction of sp³-hybridized carbons (Fsp3) is 0.625. The summed E-state index contributed by atoms with van der Waals surface area (Å²) in [5.41, 5.74) is -0.792. The van der Waals surface area contributed by atoms with Crippen LogP contribution >= 0.6 is 22.9 Å². The Kier molecular flexibility index (Phi) is 5.61. The third-order valence-corrected chi connectivity index (χ3v) is 8.61. The first-order valence-electron chi connectivity index (χ1n) is 8.56. The van der Waals surface area contributed by atoms with E-state index in [2.05, 4.69) is 11.4 Å². The maximum atomic E-state index is 12.6. The number of thiophene rings is 1. The minimum Gasteiger partial charge on any atom is -0.333 e. The summed E-state index contributed by atoms with van der Waals surface area (Å²) in [5.74, 6) is 0.0864. The number of sulfonamides is 1. The van der Waals surface area contributed by atoms with Gasteiger partial charge in [0.25, 0.3) is 15.9 Å². The van der Waals surface area contributed by atoms with Gasteiger partial charge in [-0.2, -0.15) is 9.57 Å². The highest BCUT2D eigenvalue weighted by molar-refractivity contribution is 7.91. The van der Waals surface area contributed by atoms with Gasteiger partial charge in [0.15, 0.2) is 6.54 Å². The summed E-state index contributed by atoms with van der Waals surface area (Å²) in [6.45, 7) is 3.85. The predicted octanol–water partition coefficient (Wildman–Crippen LogP) is 0.0992. The zero-order valence-corrected chi connectivity index (χ0v) is 16.9. The number of quaternary nitrogens is 1. The molecule has 1 atom stereocenters. The number of hydrogen-bond donors (Lipinski definition) is 2. The summed E-state index contributed by atoms with van der Waals surface area (Å²) in [6.07, 6.45) is 1.95. The molecule has 2 aliphatic rings. The van der Waals surface area contributed by atoms with Crippen LogP contribution in [0.4, 0.5) is 0 Å². The van der Waals surface area contributed by atoms with E-state index >= 15 is 0 Å². The molecule has 2 heterocycles. The van der Waals surface area contributed by atoms with Gasteiger partial charge >= 0.3 is 0 Å². The maximum absolute atomic E-state index is 12.6. The average Bonchev–Trinajstić information content (AvgIpc) is 3.37. The first-order valence-corrected chi connectivity index (χ1v) is 11.2. The van der Waals surface area contributed by atoms with Crippen LogP contribution in [0.1, 0.15) is 19.8 Å². The van der Waals surface area contributed by atoms with Crippen molar-refractivity contribution in [2.45, 2.75) is 29.5 Å². The minimum absolute atomic E-state index is 0.155. The zero-order chi connectivity index (χ0) is 18.9. The van der Waals surface area contributed by atoms with Crippen molar-refractivity contribution < 1.29 is 18.1 Å². The fourth-order valence-electron chi connectivity index (χ4n) is 3.23. The first kappa shape index (κ1) is 19.6. The quantitative estimate of drug-likeness (QED) is 0.686. The molecule has 142 valence electrons. The Morgan fingerprint density at radius 1 is 1.46 bits per heavy atom. The van der Waals surface area contributed by atoms with Crippen LogP contribution in [0.15, 0.2) is 16.3 Å². The molecule has 26 heavy (non-hydrogen) atoms. The molecule has 1 aromatic heterocycles. The van der Waals surface area contributed by atoms with E-state index in [1.54, 1.807) is 13.0 Å². The molecule has 2 fully saturated rings. The standard InChI is InChI=1S/C16H21ClN4O3S2/c1-16(11-18,12-2-3-12)19-14(22)10-20-6-8-21(9-7-20)26(23,24)15-5-4-13(17)25-15/h4-5,12H,2-3,6-10H2,1H3,(H,19,22)/p+1/t16-/m0/s1. The number of nitrogens with zero attached hydrogens (tertiary/aromatic N) is 2.